The van der Waals surface area contributed by atoms with E-state index in [9.17, 15) is 0 Å². The molecule has 0 fully saturated rings. The fraction of sp³-hybridized carbons (Fsp3) is 0.727. The Morgan fingerprint density at radius 1 is 0.625 bits per heavy atom. The molecule has 0 aliphatic rings. The van der Waals surface area contributed by atoms with Crippen LogP contribution in [0.3, 0.4) is 0 Å². The van der Waals surface area contributed by atoms with Crippen LogP contribution in [0.2, 0.25) is 18.1 Å². The van der Waals surface area contributed by atoms with Crippen molar-refractivity contribution in [3.05, 3.63) is 30.3 Å². The molecular formula is C22H40OSi. The average Bonchev–Trinajstić information content (AvgIpc) is 2.59. The topological polar surface area (TPSA) is 9.23 Å². The first-order valence-electron chi connectivity index (χ1n) is 10.5. The van der Waals surface area contributed by atoms with E-state index >= 15 is 0 Å². The molecule has 0 radical (unpaired) electrons. The molecule has 138 valence electrons. The van der Waals surface area contributed by atoms with Crippen molar-refractivity contribution in [2.75, 3.05) is 0 Å². The van der Waals surface area contributed by atoms with Crippen molar-refractivity contribution in [1.29, 1.82) is 0 Å². The van der Waals surface area contributed by atoms with Gasteiger partial charge in [0.2, 0.25) is 0 Å². The monoisotopic (exact) mass is 348 g/mol. The maximum atomic E-state index is 6.68. The zero-order valence-electron chi connectivity index (χ0n) is 16.5. The van der Waals surface area contributed by atoms with Gasteiger partial charge in [-0.15, -0.1) is 0 Å². The summed E-state index contributed by atoms with van der Waals surface area (Å²) in [6.45, 7) is 6.93. The summed E-state index contributed by atoms with van der Waals surface area (Å²) in [6, 6.07) is 14.5. The minimum Gasteiger partial charge on any atom is -0.543 e. The molecule has 1 aromatic rings. The Morgan fingerprint density at radius 3 is 1.71 bits per heavy atom. The second kappa shape index (κ2) is 13.5. The highest BCUT2D eigenvalue weighted by Crippen LogP contribution is 2.30. The highest BCUT2D eigenvalue weighted by molar-refractivity contribution is 6.74. The van der Waals surface area contributed by atoms with Gasteiger partial charge in [0.05, 0.1) is 0 Å². The molecule has 1 rings (SSSR count). The Labute approximate surface area is 152 Å². The van der Waals surface area contributed by atoms with Crippen LogP contribution in [0.1, 0.15) is 85.0 Å². The first-order chi connectivity index (χ1) is 11.8. The molecule has 0 unspecified atom stereocenters. The van der Waals surface area contributed by atoms with E-state index in [0.29, 0.717) is 0 Å². The maximum absolute atomic E-state index is 6.68. The summed E-state index contributed by atoms with van der Waals surface area (Å²) in [7, 11) is -1.62. The van der Waals surface area contributed by atoms with Crippen molar-refractivity contribution in [2.45, 2.75) is 103 Å². The Hall–Kier alpha value is -0.763. The lowest BCUT2D eigenvalue weighted by atomic mass is 10.1. The van der Waals surface area contributed by atoms with Crippen molar-refractivity contribution in [2.24, 2.45) is 0 Å². The van der Waals surface area contributed by atoms with Crippen molar-refractivity contribution >= 4 is 8.32 Å². The van der Waals surface area contributed by atoms with E-state index in [2.05, 4.69) is 51.1 Å². The Kier molecular flexibility index (Phi) is 12.0. The quantitative estimate of drug-likeness (QED) is 0.230. The predicted molar refractivity (Wildman–Crippen MR) is 110 cm³/mol. The standard InChI is InChI=1S/C22H40OSi/c1-4-7-8-9-10-11-12-16-21-24(19-5-2,20-6-3)23-22-17-14-13-15-18-22/h13-15,17-18H,4-12,16,19-21H2,1-3H3. The summed E-state index contributed by atoms with van der Waals surface area (Å²) >= 11 is 0. The molecule has 0 aromatic heterocycles. The fourth-order valence-corrected chi connectivity index (χ4v) is 8.17. The summed E-state index contributed by atoms with van der Waals surface area (Å²) < 4.78 is 6.68. The molecule has 0 aliphatic carbocycles. The van der Waals surface area contributed by atoms with E-state index in [1.807, 2.05) is 0 Å². The Morgan fingerprint density at radius 2 is 1.17 bits per heavy atom. The zero-order valence-corrected chi connectivity index (χ0v) is 17.5. The molecule has 0 bridgehead atoms. The van der Waals surface area contributed by atoms with Crippen molar-refractivity contribution in [1.82, 2.24) is 0 Å². The van der Waals surface area contributed by atoms with Gasteiger partial charge in [0.1, 0.15) is 5.75 Å². The lowest BCUT2D eigenvalue weighted by Gasteiger charge is -2.32. The third kappa shape index (κ3) is 8.91. The van der Waals surface area contributed by atoms with Gasteiger partial charge < -0.3 is 4.43 Å². The maximum Gasteiger partial charge on any atom is 0.251 e. The van der Waals surface area contributed by atoms with Gasteiger partial charge in [-0.25, -0.2) is 0 Å². The van der Waals surface area contributed by atoms with E-state index in [1.54, 1.807) is 0 Å². The van der Waals surface area contributed by atoms with Crippen LogP contribution >= 0.6 is 0 Å². The third-order valence-electron chi connectivity index (χ3n) is 4.97. The molecule has 0 aliphatic heterocycles. The third-order valence-corrected chi connectivity index (χ3v) is 9.73. The number of benzene rings is 1. The van der Waals surface area contributed by atoms with Crippen LogP contribution < -0.4 is 4.43 Å². The van der Waals surface area contributed by atoms with Crippen LogP contribution in [0.15, 0.2) is 30.3 Å². The number of unbranched alkanes of at least 4 members (excludes halogenated alkanes) is 7. The summed E-state index contributed by atoms with van der Waals surface area (Å²) in [5.41, 5.74) is 0. The molecule has 1 nitrogen and oxygen atoms in total. The van der Waals surface area contributed by atoms with Crippen molar-refractivity contribution < 1.29 is 4.43 Å². The van der Waals surface area contributed by atoms with E-state index in [-0.39, 0.29) is 0 Å². The Balaban J connectivity index is 2.43. The summed E-state index contributed by atoms with van der Waals surface area (Å²) in [4.78, 5) is 0. The molecule has 0 saturated carbocycles. The van der Waals surface area contributed by atoms with Gasteiger partial charge in [0.15, 0.2) is 0 Å². The number of hydrogen-bond acceptors (Lipinski definition) is 1. The summed E-state index contributed by atoms with van der Waals surface area (Å²) in [5, 5.41) is 0. The molecule has 2 heteroatoms. The van der Waals surface area contributed by atoms with E-state index in [1.165, 1.54) is 82.3 Å². The van der Waals surface area contributed by atoms with Crippen LogP contribution in [0.5, 0.6) is 5.75 Å². The fourth-order valence-electron chi connectivity index (χ4n) is 3.76. The van der Waals surface area contributed by atoms with Gasteiger partial charge in [0, 0.05) is 0 Å². The SMILES string of the molecule is CCCCCCCCCC[Si](CCC)(CCC)Oc1ccccc1. The van der Waals surface area contributed by atoms with Gasteiger partial charge in [-0.1, -0.05) is 103 Å². The number of para-hydroxylation sites is 1. The normalized spacial score (nSPS) is 11.6. The van der Waals surface area contributed by atoms with E-state index in [0.717, 1.165) is 5.75 Å². The van der Waals surface area contributed by atoms with Crippen molar-refractivity contribution in [3.8, 4) is 5.75 Å². The molecular weight excluding hydrogens is 308 g/mol. The van der Waals surface area contributed by atoms with Crippen LogP contribution in [0.4, 0.5) is 0 Å². The lowest BCUT2D eigenvalue weighted by Crippen LogP contribution is -2.41. The van der Waals surface area contributed by atoms with Gasteiger partial charge in [-0.3, -0.25) is 0 Å². The van der Waals surface area contributed by atoms with Crippen LogP contribution in [0.25, 0.3) is 0 Å². The zero-order chi connectivity index (χ0) is 17.5. The summed E-state index contributed by atoms with van der Waals surface area (Å²) in [6.07, 6.45) is 13.7. The van der Waals surface area contributed by atoms with E-state index < -0.39 is 8.32 Å². The minimum atomic E-state index is -1.62. The molecule has 0 amide bonds. The van der Waals surface area contributed by atoms with Gasteiger partial charge >= 0.3 is 0 Å². The molecule has 0 saturated heterocycles. The average molecular weight is 349 g/mol. The smallest absolute Gasteiger partial charge is 0.251 e. The summed E-state index contributed by atoms with van der Waals surface area (Å²) in [5.74, 6) is 1.10. The van der Waals surface area contributed by atoms with Crippen LogP contribution in [0, 0.1) is 0 Å². The van der Waals surface area contributed by atoms with Crippen LogP contribution in [-0.4, -0.2) is 8.32 Å². The molecule has 0 spiro atoms. The number of rotatable bonds is 15. The molecule has 0 N–H and O–H groups in total. The second-order valence-electron chi connectivity index (χ2n) is 7.32. The molecule has 0 heterocycles. The minimum absolute atomic E-state index is 1.10. The molecule has 0 atom stereocenters. The Bertz CT molecular complexity index is 384. The largest absolute Gasteiger partial charge is 0.543 e. The first kappa shape index (κ1) is 21.3. The van der Waals surface area contributed by atoms with Gasteiger partial charge in [-0.05, 0) is 30.3 Å². The first-order valence-corrected chi connectivity index (χ1v) is 13.0. The highest BCUT2D eigenvalue weighted by atomic mass is 28.4. The van der Waals surface area contributed by atoms with Gasteiger partial charge in [0.25, 0.3) is 8.32 Å². The predicted octanol–water partition coefficient (Wildman–Crippen LogP) is 7.97. The van der Waals surface area contributed by atoms with Crippen molar-refractivity contribution in [3.63, 3.8) is 0 Å². The van der Waals surface area contributed by atoms with Gasteiger partial charge in [-0.2, -0.15) is 0 Å². The van der Waals surface area contributed by atoms with Crippen LogP contribution in [-0.2, 0) is 0 Å². The lowest BCUT2D eigenvalue weighted by molar-refractivity contribution is 0.510. The second-order valence-corrected chi connectivity index (χ2v) is 11.4. The number of hydrogen-bond donors (Lipinski definition) is 0. The highest BCUT2D eigenvalue weighted by Gasteiger charge is 2.34. The molecule has 24 heavy (non-hydrogen) atoms. The van der Waals surface area contributed by atoms with E-state index in [4.69, 9.17) is 4.43 Å². The molecule has 1 aromatic carbocycles.